The first kappa shape index (κ1) is 9.96. The van der Waals surface area contributed by atoms with Gasteiger partial charge >= 0.3 is 5.97 Å². The Kier molecular flexibility index (Phi) is 3.23. The van der Waals surface area contributed by atoms with Gasteiger partial charge in [0.25, 0.3) is 0 Å². The second kappa shape index (κ2) is 4.21. The maximum absolute atomic E-state index is 11.4. The van der Waals surface area contributed by atoms with Gasteiger partial charge in [-0.05, 0) is 19.3 Å². The molecule has 0 radical (unpaired) electrons. The summed E-state index contributed by atoms with van der Waals surface area (Å²) in [5.41, 5.74) is 0. The van der Waals surface area contributed by atoms with Crippen LogP contribution in [-0.4, -0.2) is 16.9 Å². The van der Waals surface area contributed by atoms with Crippen LogP contribution in [-0.2, 0) is 9.59 Å². The van der Waals surface area contributed by atoms with Gasteiger partial charge in [0, 0.05) is 12.3 Å². The third-order valence-corrected chi connectivity index (χ3v) is 2.58. The van der Waals surface area contributed by atoms with Crippen LogP contribution in [0.3, 0.4) is 0 Å². The van der Waals surface area contributed by atoms with E-state index in [-0.39, 0.29) is 11.7 Å². The van der Waals surface area contributed by atoms with Crippen molar-refractivity contribution in [1.29, 1.82) is 0 Å². The summed E-state index contributed by atoms with van der Waals surface area (Å²) in [6.07, 6.45) is 3.99. The SMILES string of the molecule is C=CC[C@@H]1C(=O)CCC[C@H]1C(=O)O. The molecule has 0 aromatic rings. The molecule has 1 rings (SSSR count). The molecule has 13 heavy (non-hydrogen) atoms. The lowest BCUT2D eigenvalue weighted by Gasteiger charge is -2.26. The zero-order chi connectivity index (χ0) is 9.84. The van der Waals surface area contributed by atoms with Crippen LogP contribution in [0.1, 0.15) is 25.7 Å². The number of allylic oxidation sites excluding steroid dienone is 1. The molecular formula is C10H14O3. The zero-order valence-corrected chi connectivity index (χ0v) is 7.53. The van der Waals surface area contributed by atoms with Gasteiger partial charge in [-0.15, -0.1) is 6.58 Å². The van der Waals surface area contributed by atoms with Crippen LogP contribution < -0.4 is 0 Å². The molecule has 0 bridgehead atoms. The Balaban J connectivity index is 2.73. The lowest BCUT2D eigenvalue weighted by Crippen LogP contribution is -2.33. The minimum atomic E-state index is -0.847. The number of hydrogen-bond donors (Lipinski definition) is 1. The molecule has 3 heteroatoms. The van der Waals surface area contributed by atoms with Gasteiger partial charge in [-0.3, -0.25) is 9.59 Å². The summed E-state index contributed by atoms with van der Waals surface area (Å²) in [5, 5.41) is 8.87. The van der Waals surface area contributed by atoms with Crippen LogP contribution in [0.4, 0.5) is 0 Å². The summed E-state index contributed by atoms with van der Waals surface area (Å²) in [7, 11) is 0. The number of ketones is 1. The fourth-order valence-electron chi connectivity index (χ4n) is 1.88. The molecule has 3 nitrogen and oxygen atoms in total. The summed E-state index contributed by atoms with van der Waals surface area (Å²) in [6.45, 7) is 3.54. The van der Waals surface area contributed by atoms with Crippen molar-refractivity contribution in [2.45, 2.75) is 25.7 Å². The predicted octanol–water partition coefficient (Wildman–Crippen LogP) is 1.63. The molecule has 0 saturated heterocycles. The van der Waals surface area contributed by atoms with E-state index in [9.17, 15) is 9.59 Å². The lowest BCUT2D eigenvalue weighted by molar-refractivity contribution is -0.148. The summed E-state index contributed by atoms with van der Waals surface area (Å²) in [6, 6.07) is 0. The monoisotopic (exact) mass is 182 g/mol. The highest BCUT2D eigenvalue weighted by atomic mass is 16.4. The molecule has 72 valence electrons. The number of rotatable bonds is 3. The molecule has 1 saturated carbocycles. The highest BCUT2D eigenvalue weighted by molar-refractivity contribution is 5.87. The molecule has 0 spiro atoms. The van der Waals surface area contributed by atoms with Gasteiger partial charge in [-0.1, -0.05) is 6.08 Å². The molecular weight excluding hydrogens is 168 g/mol. The van der Waals surface area contributed by atoms with Crippen molar-refractivity contribution in [1.82, 2.24) is 0 Å². The highest BCUT2D eigenvalue weighted by Gasteiger charge is 2.35. The van der Waals surface area contributed by atoms with Gasteiger partial charge in [-0.25, -0.2) is 0 Å². The van der Waals surface area contributed by atoms with E-state index in [4.69, 9.17) is 5.11 Å². The number of carbonyl (C=O) groups is 2. The van der Waals surface area contributed by atoms with Crippen LogP contribution in [0.2, 0.25) is 0 Å². The van der Waals surface area contributed by atoms with E-state index in [1.807, 2.05) is 0 Å². The Labute approximate surface area is 77.4 Å². The molecule has 1 aliphatic rings. The van der Waals surface area contributed by atoms with Crippen LogP contribution in [0, 0.1) is 11.8 Å². The minimum absolute atomic E-state index is 0.0820. The molecule has 0 unspecified atom stereocenters. The van der Waals surface area contributed by atoms with Gasteiger partial charge in [-0.2, -0.15) is 0 Å². The lowest BCUT2D eigenvalue weighted by atomic mass is 9.76. The zero-order valence-electron chi connectivity index (χ0n) is 7.53. The second-order valence-electron chi connectivity index (χ2n) is 3.43. The standard InChI is InChI=1S/C10H14O3/c1-2-4-7-8(10(12)13)5-3-6-9(7)11/h2,7-8H,1,3-6H2,(H,12,13)/t7-,8+/m0/s1. The summed E-state index contributed by atoms with van der Waals surface area (Å²) < 4.78 is 0. The first-order valence-corrected chi connectivity index (χ1v) is 4.53. The van der Waals surface area contributed by atoms with E-state index < -0.39 is 11.9 Å². The molecule has 0 aliphatic heterocycles. The quantitative estimate of drug-likeness (QED) is 0.675. The van der Waals surface area contributed by atoms with E-state index in [0.29, 0.717) is 25.7 Å². The minimum Gasteiger partial charge on any atom is -0.481 e. The smallest absolute Gasteiger partial charge is 0.307 e. The van der Waals surface area contributed by atoms with E-state index in [0.717, 1.165) is 0 Å². The molecule has 0 amide bonds. The van der Waals surface area contributed by atoms with E-state index in [1.165, 1.54) is 0 Å². The van der Waals surface area contributed by atoms with Gasteiger partial charge in [0.1, 0.15) is 5.78 Å². The van der Waals surface area contributed by atoms with Crippen molar-refractivity contribution in [3.8, 4) is 0 Å². The molecule has 0 aromatic heterocycles. The van der Waals surface area contributed by atoms with Crippen LogP contribution in [0.15, 0.2) is 12.7 Å². The number of carboxylic acids is 1. The van der Waals surface area contributed by atoms with Crippen LogP contribution >= 0.6 is 0 Å². The Hall–Kier alpha value is -1.12. The van der Waals surface area contributed by atoms with Crippen molar-refractivity contribution in [3.63, 3.8) is 0 Å². The maximum atomic E-state index is 11.4. The summed E-state index contributed by atoms with van der Waals surface area (Å²) in [4.78, 5) is 22.2. The second-order valence-corrected chi connectivity index (χ2v) is 3.43. The van der Waals surface area contributed by atoms with E-state index in [1.54, 1.807) is 6.08 Å². The van der Waals surface area contributed by atoms with E-state index in [2.05, 4.69) is 6.58 Å². The van der Waals surface area contributed by atoms with Crippen molar-refractivity contribution < 1.29 is 14.7 Å². The summed E-state index contributed by atoms with van der Waals surface area (Å²) in [5.74, 6) is -1.58. The van der Waals surface area contributed by atoms with Gasteiger partial charge in [0.05, 0.1) is 5.92 Å². The molecule has 2 atom stereocenters. The average molecular weight is 182 g/mol. The first-order chi connectivity index (χ1) is 6.16. The molecule has 1 aliphatic carbocycles. The topological polar surface area (TPSA) is 54.4 Å². The molecule has 0 aromatic carbocycles. The van der Waals surface area contributed by atoms with Gasteiger partial charge in [0.15, 0.2) is 0 Å². The van der Waals surface area contributed by atoms with E-state index >= 15 is 0 Å². The molecule has 1 fully saturated rings. The number of aliphatic carboxylic acids is 1. The fraction of sp³-hybridized carbons (Fsp3) is 0.600. The maximum Gasteiger partial charge on any atom is 0.307 e. The Bertz CT molecular complexity index is 232. The first-order valence-electron chi connectivity index (χ1n) is 4.53. The third kappa shape index (κ3) is 2.17. The van der Waals surface area contributed by atoms with Crippen molar-refractivity contribution in [3.05, 3.63) is 12.7 Å². The van der Waals surface area contributed by atoms with Gasteiger partial charge in [0.2, 0.25) is 0 Å². The third-order valence-electron chi connectivity index (χ3n) is 2.58. The Morgan fingerprint density at radius 1 is 1.69 bits per heavy atom. The number of Topliss-reactive ketones (excluding diaryl/α,β-unsaturated/α-hetero) is 1. The summed E-state index contributed by atoms with van der Waals surface area (Å²) >= 11 is 0. The van der Waals surface area contributed by atoms with Crippen molar-refractivity contribution >= 4 is 11.8 Å². The predicted molar refractivity (Wildman–Crippen MR) is 48.3 cm³/mol. The fourth-order valence-corrected chi connectivity index (χ4v) is 1.88. The van der Waals surface area contributed by atoms with Crippen LogP contribution in [0.5, 0.6) is 0 Å². The van der Waals surface area contributed by atoms with Crippen LogP contribution in [0.25, 0.3) is 0 Å². The number of hydrogen-bond acceptors (Lipinski definition) is 2. The average Bonchev–Trinajstić information content (AvgIpc) is 2.08. The molecule has 0 heterocycles. The molecule has 1 N–H and O–H groups in total. The number of carboxylic acid groups (broad SMARTS) is 1. The van der Waals surface area contributed by atoms with Gasteiger partial charge < -0.3 is 5.11 Å². The largest absolute Gasteiger partial charge is 0.481 e. The highest BCUT2D eigenvalue weighted by Crippen LogP contribution is 2.30. The normalized spacial score (nSPS) is 28.5. The Morgan fingerprint density at radius 2 is 2.38 bits per heavy atom. The van der Waals surface area contributed by atoms with Crippen molar-refractivity contribution in [2.75, 3.05) is 0 Å². The Morgan fingerprint density at radius 3 is 2.92 bits per heavy atom. The number of carbonyl (C=O) groups excluding carboxylic acids is 1. The van der Waals surface area contributed by atoms with Crippen molar-refractivity contribution in [2.24, 2.45) is 11.8 Å².